The molecule has 3 atom stereocenters. The Morgan fingerprint density at radius 1 is 1.60 bits per heavy atom. The van der Waals surface area contributed by atoms with Gasteiger partial charge in [0, 0.05) is 11.0 Å². The number of carbonyl (C=O) groups is 1. The third kappa shape index (κ3) is 4.43. The molecule has 0 aromatic heterocycles. The first kappa shape index (κ1) is 12.8. The van der Waals surface area contributed by atoms with E-state index in [9.17, 15) is 4.79 Å². The Labute approximate surface area is 96.1 Å². The number of hydrogen-bond donors (Lipinski definition) is 1. The monoisotopic (exact) mass is 231 g/mol. The van der Waals surface area contributed by atoms with Crippen molar-refractivity contribution >= 4 is 17.7 Å². The Morgan fingerprint density at radius 2 is 2.33 bits per heavy atom. The molecule has 0 saturated heterocycles. The second-order valence-electron chi connectivity index (χ2n) is 4.36. The van der Waals surface area contributed by atoms with E-state index in [2.05, 4.69) is 11.7 Å². The first-order chi connectivity index (χ1) is 7.13. The molecule has 0 heterocycles. The Hall–Kier alpha value is -0.220. The van der Waals surface area contributed by atoms with Crippen LogP contribution in [0, 0.1) is 5.92 Å². The van der Waals surface area contributed by atoms with E-state index in [0.717, 1.165) is 5.92 Å². The summed E-state index contributed by atoms with van der Waals surface area (Å²) in [6.45, 7) is 2.30. The van der Waals surface area contributed by atoms with Crippen molar-refractivity contribution in [2.45, 2.75) is 43.9 Å². The first-order valence-corrected chi connectivity index (χ1v) is 6.63. The molecule has 4 heteroatoms. The Balaban J connectivity index is 2.21. The van der Waals surface area contributed by atoms with Crippen LogP contribution >= 0.6 is 11.8 Å². The first-order valence-electron chi connectivity index (χ1n) is 5.58. The lowest BCUT2D eigenvalue weighted by Crippen LogP contribution is -2.34. The quantitative estimate of drug-likeness (QED) is 0.750. The highest BCUT2D eigenvalue weighted by Gasteiger charge is 2.21. The van der Waals surface area contributed by atoms with Crippen LogP contribution in [-0.4, -0.2) is 30.1 Å². The number of hydrogen-bond acceptors (Lipinski definition) is 4. The fourth-order valence-electron chi connectivity index (χ4n) is 1.99. The minimum Gasteiger partial charge on any atom is -0.468 e. The van der Waals surface area contributed by atoms with Gasteiger partial charge in [-0.25, -0.2) is 0 Å². The van der Waals surface area contributed by atoms with Crippen LogP contribution in [0.1, 0.15) is 32.6 Å². The van der Waals surface area contributed by atoms with Crippen LogP contribution < -0.4 is 5.73 Å². The van der Waals surface area contributed by atoms with E-state index >= 15 is 0 Å². The third-order valence-electron chi connectivity index (χ3n) is 2.90. The number of thioether (sulfide) groups is 1. The molecule has 3 unspecified atom stereocenters. The molecule has 0 aliphatic heterocycles. The van der Waals surface area contributed by atoms with Gasteiger partial charge in [-0.3, -0.25) is 4.79 Å². The van der Waals surface area contributed by atoms with Gasteiger partial charge in [0.1, 0.15) is 6.04 Å². The van der Waals surface area contributed by atoms with E-state index in [1.165, 1.54) is 32.8 Å². The maximum absolute atomic E-state index is 11.1. The highest BCUT2D eigenvalue weighted by atomic mass is 32.2. The van der Waals surface area contributed by atoms with Crippen molar-refractivity contribution in [3.8, 4) is 0 Å². The number of esters is 1. The van der Waals surface area contributed by atoms with Crippen LogP contribution in [0.15, 0.2) is 0 Å². The van der Waals surface area contributed by atoms with E-state index in [1.54, 1.807) is 0 Å². The normalized spacial score (nSPS) is 28.5. The van der Waals surface area contributed by atoms with E-state index in [4.69, 9.17) is 5.73 Å². The maximum atomic E-state index is 11.1. The van der Waals surface area contributed by atoms with Crippen molar-refractivity contribution in [3.05, 3.63) is 0 Å². The molecule has 88 valence electrons. The van der Waals surface area contributed by atoms with Crippen molar-refractivity contribution in [3.63, 3.8) is 0 Å². The lowest BCUT2D eigenvalue weighted by molar-refractivity contribution is -0.141. The second-order valence-corrected chi connectivity index (χ2v) is 5.69. The fraction of sp³-hybridized carbons (Fsp3) is 0.909. The van der Waals surface area contributed by atoms with Crippen LogP contribution in [0.25, 0.3) is 0 Å². The second kappa shape index (κ2) is 6.38. The van der Waals surface area contributed by atoms with Gasteiger partial charge in [-0.05, 0) is 18.8 Å². The number of nitrogens with two attached hydrogens (primary N) is 1. The zero-order chi connectivity index (χ0) is 11.3. The average molecular weight is 231 g/mol. The molecule has 1 saturated carbocycles. The molecule has 0 spiro atoms. The zero-order valence-corrected chi connectivity index (χ0v) is 10.4. The lowest BCUT2D eigenvalue weighted by atomic mass is 9.91. The molecule has 15 heavy (non-hydrogen) atoms. The van der Waals surface area contributed by atoms with Gasteiger partial charge < -0.3 is 10.5 Å². The Bertz CT molecular complexity index is 211. The average Bonchev–Trinajstić information content (AvgIpc) is 2.25. The molecule has 2 N–H and O–H groups in total. The molecule has 1 rings (SSSR count). The van der Waals surface area contributed by atoms with Crippen LogP contribution in [0.4, 0.5) is 0 Å². The number of ether oxygens (including phenoxy) is 1. The molecule has 1 aliphatic rings. The minimum absolute atomic E-state index is 0.300. The van der Waals surface area contributed by atoms with Crippen LogP contribution in [0.2, 0.25) is 0 Å². The van der Waals surface area contributed by atoms with Gasteiger partial charge in [-0.15, -0.1) is 0 Å². The number of rotatable bonds is 4. The van der Waals surface area contributed by atoms with Gasteiger partial charge in [-0.2, -0.15) is 11.8 Å². The molecular weight excluding hydrogens is 210 g/mol. The van der Waals surface area contributed by atoms with E-state index < -0.39 is 6.04 Å². The summed E-state index contributed by atoms with van der Waals surface area (Å²) in [7, 11) is 1.38. The summed E-state index contributed by atoms with van der Waals surface area (Å²) >= 11 is 1.83. The molecule has 1 fully saturated rings. The van der Waals surface area contributed by atoms with Crippen molar-refractivity contribution in [2.24, 2.45) is 11.7 Å². The molecule has 0 amide bonds. The van der Waals surface area contributed by atoms with Gasteiger partial charge in [0.15, 0.2) is 0 Å². The standard InChI is InChI=1S/C11H21NO2S/c1-8-4-3-5-9(6-8)15-7-10(12)11(13)14-2/h8-10H,3-7,12H2,1-2H3. The van der Waals surface area contributed by atoms with E-state index in [0.29, 0.717) is 11.0 Å². The van der Waals surface area contributed by atoms with E-state index in [1.807, 2.05) is 11.8 Å². The summed E-state index contributed by atoms with van der Waals surface area (Å²) < 4.78 is 4.60. The summed E-state index contributed by atoms with van der Waals surface area (Å²) in [6.07, 6.45) is 5.19. The minimum atomic E-state index is -0.461. The Kier molecular flexibility index (Phi) is 5.47. The summed E-state index contributed by atoms with van der Waals surface area (Å²) in [4.78, 5) is 11.1. The molecular formula is C11H21NO2S. The van der Waals surface area contributed by atoms with Crippen LogP contribution in [-0.2, 0) is 9.53 Å². The molecule has 0 aromatic carbocycles. The summed E-state index contributed by atoms with van der Waals surface area (Å²) in [5.41, 5.74) is 5.68. The maximum Gasteiger partial charge on any atom is 0.323 e. The largest absolute Gasteiger partial charge is 0.468 e. The molecule has 1 aliphatic carbocycles. The smallest absolute Gasteiger partial charge is 0.323 e. The summed E-state index contributed by atoms with van der Waals surface area (Å²) in [5, 5.41) is 0.685. The predicted molar refractivity (Wildman–Crippen MR) is 63.9 cm³/mol. The highest BCUT2D eigenvalue weighted by molar-refractivity contribution is 7.99. The van der Waals surface area contributed by atoms with Crippen molar-refractivity contribution < 1.29 is 9.53 Å². The van der Waals surface area contributed by atoms with Crippen LogP contribution in [0.3, 0.4) is 0 Å². The van der Waals surface area contributed by atoms with Crippen molar-refractivity contribution in [1.29, 1.82) is 0 Å². The molecule has 3 nitrogen and oxygen atoms in total. The Morgan fingerprint density at radius 3 is 2.93 bits per heavy atom. The lowest BCUT2D eigenvalue weighted by Gasteiger charge is -2.26. The summed E-state index contributed by atoms with van der Waals surface area (Å²) in [5.74, 6) is 1.21. The van der Waals surface area contributed by atoms with Crippen molar-refractivity contribution in [2.75, 3.05) is 12.9 Å². The molecule has 0 aromatic rings. The van der Waals surface area contributed by atoms with Crippen LogP contribution in [0.5, 0.6) is 0 Å². The number of methoxy groups -OCH3 is 1. The molecule has 0 bridgehead atoms. The van der Waals surface area contributed by atoms with Crippen molar-refractivity contribution in [1.82, 2.24) is 0 Å². The summed E-state index contributed by atoms with van der Waals surface area (Å²) in [6, 6.07) is -0.461. The number of carbonyl (C=O) groups excluding carboxylic acids is 1. The van der Waals surface area contributed by atoms with Gasteiger partial charge in [0.05, 0.1) is 7.11 Å². The topological polar surface area (TPSA) is 52.3 Å². The molecule has 0 radical (unpaired) electrons. The van der Waals surface area contributed by atoms with Gasteiger partial charge in [-0.1, -0.05) is 19.8 Å². The van der Waals surface area contributed by atoms with E-state index in [-0.39, 0.29) is 5.97 Å². The predicted octanol–water partition coefficient (Wildman–Crippen LogP) is 1.80. The third-order valence-corrected chi connectivity index (χ3v) is 4.35. The van der Waals surface area contributed by atoms with Gasteiger partial charge in [0.25, 0.3) is 0 Å². The zero-order valence-electron chi connectivity index (χ0n) is 9.57. The fourth-order valence-corrected chi connectivity index (χ4v) is 3.40. The van der Waals surface area contributed by atoms with Gasteiger partial charge in [0.2, 0.25) is 0 Å². The highest BCUT2D eigenvalue weighted by Crippen LogP contribution is 2.31. The van der Waals surface area contributed by atoms with Gasteiger partial charge >= 0.3 is 5.97 Å². The SMILES string of the molecule is COC(=O)C(N)CSC1CCCC(C)C1.